The Kier molecular flexibility index (Phi) is 7.21. The molecule has 5 heteroatoms. The van der Waals surface area contributed by atoms with Crippen LogP contribution in [-0.2, 0) is 16.0 Å². The van der Waals surface area contributed by atoms with Gasteiger partial charge in [0.2, 0.25) is 0 Å². The Bertz CT molecular complexity index is 833. The van der Waals surface area contributed by atoms with E-state index in [-0.39, 0.29) is 12.4 Å². The zero-order valence-corrected chi connectivity index (χ0v) is 17.2. The van der Waals surface area contributed by atoms with Gasteiger partial charge in [0, 0.05) is 12.0 Å². The number of benzene rings is 2. The molecule has 0 heterocycles. The number of aryl methyl sites for hydroxylation is 2. The number of hydrogen-bond acceptors (Lipinski definition) is 5. The van der Waals surface area contributed by atoms with Crippen LogP contribution in [0.2, 0.25) is 0 Å². The molecule has 0 saturated carbocycles. The molecule has 0 unspecified atom stereocenters. The Morgan fingerprint density at radius 3 is 2.43 bits per heavy atom. The van der Waals surface area contributed by atoms with Gasteiger partial charge in [0.1, 0.15) is 17.1 Å². The number of rotatable bonds is 8. The number of methoxy groups -OCH3 is 1. The largest absolute Gasteiger partial charge is 0.496 e. The molecular formula is C23H28O5. The molecule has 0 saturated heterocycles. The summed E-state index contributed by atoms with van der Waals surface area (Å²) >= 11 is 0. The standard InChI is InChI=1S/C23H28O5/c1-16-13-17(10-12-21(16)26-5)9-11-20(24)18-7-6-8-19(14-18)27-15-22(25)28-23(2,3)4/h6-8,10,12-14H,9,11,15H2,1-5H3. The van der Waals surface area contributed by atoms with Gasteiger partial charge in [-0.15, -0.1) is 0 Å². The zero-order chi connectivity index (χ0) is 20.7. The Morgan fingerprint density at radius 1 is 1.04 bits per heavy atom. The van der Waals surface area contributed by atoms with Gasteiger partial charge in [0.05, 0.1) is 7.11 Å². The van der Waals surface area contributed by atoms with Crippen molar-refractivity contribution in [3.8, 4) is 11.5 Å². The molecule has 0 aliphatic carbocycles. The van der Waals surface area contributed by atoms with Crippen LogP contribution in [0.3, 0.4) is 0 Å². The first-order chi connectivity index (χ1) is 13.2. The molecule has 0 aliphatic rings. The third-order valence-corrected chi connectivity index (χ3v) is 4.03. The van der Waals surface area contributed by atoms with E-state index in [1.807, 2.05) is 25.1 Å². The zero-order valence-electron chi connectivity index (χ0n) is 17.2. The predicted molar refractivity (Wildman–Crippen MR) is 108 cm³/mol. The Labute approximate surface area is 166 Å². The molecular weight excluding hydrogens is 356 g/mol. The minimum absolute atomic E-state index is 0.0242. The lowest BCUT2D eigenvalue weighted by Crippen LogP contribution is -2.27. The van der Waals surface area contributed by atoms with Crippen molar-refractivity contribution >= 4 is 11.8 Å². The van der Waals surface area contributed by atoms with Crippen LogP contribution >= 0.6 is 0 Å². The predicted octanol–water partition coefficient (Wildman–Crippen LogP) is 4.54. The molecule has 0 radical (unpaired) electrons. The summed E-state index contributed by atoms with van der Waals surface area (Å²) in [4.78, 5) is 24.3. The van der Waals surface area contributed by atoms with Crippen LogP contribution in [0.25, 0.3) is 0 Å². The van der Waals surface area contributed by atoms with E-state index in [9.17, 15) is 9.59 Å². The Balaban J connectivity index is 1.92. The van der Waals surface area contributed by atoms with Crippen molar-refractivity contribution in [2.24, 2.45) is 0 Å². The summed E-state index contributed by atoms with van der Waals surface area (Å²) in [5, 5.41) is 0. The molecule has 2 aromatic rings. The van der Waals surface area contributed by atoms with Gasteiger partial charge in [0.25, 0.3) is 0 Å². The summed E-state index contributed by atoms with van der Waals surface area (Å²) in [5.41, 5.74) is 2.14. The van der Waals surface area contributed by atoms with Crippen LogP contribution in [-0.4, -0.2) is 31.1 Å². The maximum Gasteiger partial charge on any atom is 0.344 e. The van der Waals surface area contributed by atoms with Crippen molar-refractivity contribution in [1.82, 2.24) is 0 Å². The molecule has 2 rings (SSSR count). The molecule has 0 spiro atoms. The Hall–Kier alpha value is -2.82. The van der Waals surface area contributed by atoms with E-state index in [1.165, 1.54) is 0 Å². The van der Waals surface area contributed by atoms with Crippen LogP contribution in [0.1, 0.15) is 48.7 Å². The molecule has 0 N–H and O–H groups in total. The van der Waals surface area contributed by atoms with Gasteiger partial charge in [-0.1, -0.05) is 24.3 Å². The quantitative estimate of drug-likeness (QED) is 0.494. The normalized spacial score (nSPS) is 11.0. The molecule has 0 atom stereocenters. The summed E-state index contributed by atoms with van der Waals surface area (Å²) in [6, 6.07) is 12.8. The topological polar surface area (TPSA) is 61.8 Å². The van der Waals surface area contributed by atoms with E-state index in [0.717, 1.165) is 16.9 Å². The van der Waals surface area contributed by atoms with Gasteiger partial charge in [-0.05, 0) is 63.4 Å². The van der Waals surface area contributed by atoms with E-state index in [0.29, 0.717) is 24.2 Å². The maximum absolute atomic E-state index is 12.5. The molecule has 0 amide bonds. The highest BCUT2D eigenvalue weighted by atomic mass is 16.6. The first kappa shape index (κ1) is 21.5. The maximum atomic E-state index is 12.5. The molecule has 5 nitrogen and oxygen atoms in total. The highest BCUT2D eigenvalue weighted by Gasteiger charge is 2.17. The number of Topliss-reactive ketones (excluding diaryl/α,β-unsaturated/α-hetero) is 1. The average molecular weight is 384 g/mol. The number of carbonyl (C=O) groups is 2. The summed E-state index contributed by atoms with van der Waals surface area (Å²) in [7, 11) is 1.64. The van der Waals surface area contributed by atoms with Crippen LogP contribution in [0.5, 0.6) is 11.5 Å². The lowest BCUT2D eigenvalue weighted by atomic mass is 10.0. The summed E-state index contributed by atoms with van der Waals surface area (Å²) in [6.45, 7) is 7.19. The SMILES string of the molecule is COc1ccc(CCC(=O)c2cccc(OCC(=O)OC(C)(C)C)c2)cc1C. The van der Waals surface area contributed by atoms with Gasteiger partial charge in [-0.25, -0.2) is 4.79 Å². The number of carbonyl (C=O) groups excluding carboxylic acids is 2. The molecule has 0 aromatic heterocycles. The first-order valence-corrected chi connectivity index (χ1v) is 9.29. The smallest absolute Gasteiger partial charge is 0.344 e. The fourth-order valence-electron chi connectivity index (χ4n) is 2.77. The van der Waals surface area contributed by atoms with Crippen LogP contribution in [0.15, 0.2) is 42.5 Å². The van der Waals surface area contributed by atoms with E-state index < -0.39 is 11.6 Å². The van der Waals surface area contributed by atoms with Gasteiger partial charge in [0.15, 0.2) is 12.4 Å². The highest BCUT2D eigenvalue weighted by molar-refractivity contribution is 5.96. The van der Waals surface area contributed by atoms with E-state index in [4.69, 9.17) is 14.2 Å². The van der Waals surface area contributed by atoms with E-state index in [2.05, 4.69) is 0 Å². The summed E-state index contributed by atoms with van der Waals surface area (Å²) in [5.74, 6) is 0.886. The van der Waals surface area contributed by atoms with Crippen LogP contribution in [0, 0.1) is 6.92 Å². The van der Waals surface area contributed by atoms with Crippen molar-refractivity contribution < 1.29 is 23.8 Å². The lowest BCUT2D eigenvalue weighted by Gasteiger charge is -2.19. The van der Waals surface area contributed by atoms with E-state index >= 15 is 0 Å². The van der Waals surface area contributed by atoms with Gasteiger partial charge in [-0.2, -0.15) is 0 Å². The minimum Gasteiger partial charge on any atom is -0.496 e. The van der Waals surface area contributed by atoms with Crippen LogP contribution in [0.4, 0.5) is 0 Å². The summed E-state index contributed by atoms with van der Waals surface area (Å²) in [6.07, 6.45) is 1.04. The third-order valence-electron chi connectivity index (χ3n) is 4.03. The monoisotopic (exact) mass is 384 g/mol. The number of hydrogen-bond donors (Lipinski definition) is 0. The van der Waals surface area contributed by atoms with Gasteiger partial charge >= 0.3 is 5.97 Å². The second-order valence-corrected chi connectivity index (χ2v) is 7.63. The molecule has 2 aromatic carbocycles. The van der Waals surface area contributed by atoms with Crippen molar-refractivity contribution in [3.05, 3.63) is 59.2 Å². The second-order valence-electron chi connectivity index (χ2n) is 7.63. The lowest BCUT2D eigenvalue weighted by molar-refractivity contribution is -0.157. The van der Waals surface area contributed by atoms with Gasteiger partial charge < -0.3 is 14.2 Å². The van der Waals surface area contributed by atoms with E-state index in [1.54, 1.807) is 52.1 Å². The number of ether oxygens (including phenoxy) is 3. The molecule has 150 valence electrons. The van der Waals surface area contributed by atoms with Crippen molar-refractivity contribution in [3.63, 3.8) is 0 Å². The number of ketones is 1. The number of esters is 1. The molecule has 0 fully saturated rings. The molecule has 0 bridgehead atoms. The average Bonchev–Trinajstić information content (AvgIpc) is 2.63. The molecule has 28 heavy (non-hydrogen) atoms. The van der Waals surface area contributed by atoms with Crippen molar-refractivity contribution in [1.29, 1.82) is 0 Å². The fourth-order valence-corrected chi connectivity index (χ4v) is 2.77. The van der Waals surface area contributed by atoms with Crippen molar-refractivity contribution in [2.75, 3.05) is 13.7 Å². The minimum atomic E-state index is -0.557. The third kappa shape index (κ3) is 6.72. The molecule has 0 aliphatic heterocycles. The fraction of sp³-hybridized carbons (Fsp3) is 0.391. The van der Waals surface area contributed by atoms with Gasteiger partial charge in [-0.3, -0.25) is 4.79 Å². The first-order valence-electron chi connectivity index (χ1n) is 9.29. The van der Waals surface area contributed by atoms with Crippen LogP contribution < -0.4 is 9.47 Å². The second kappa shape index (κ2) is 9.40. The Morgan fingerprint density at radius 2 is 1.79 bits per heavy atom. The van der Waals surface area contributed by atoms with Crippen molar-refractivity contribution in [2.45, 2.75) is 46.1 Å². The summed E-state index contributed by atoms with van der Waals surface area (Å²) < 4.78 is 15.9. The highest BCUT2D eigenvalue weighted by Crippen LogP contribution is 2.20.